The molecule has 1 unspecified atom stereocenters. The van der Waals surface area contributed by atoms with Crippen molar-refractivity contribution >= 4 is 12.1 Å². The van der Waals surface area contributed by atoms with E-state index in [0.717, 1.165) is 25.5 Å². The first-order valence-electron chi connectivity index (χ1n) is 3.69. The van der Waals surface area contributed by atoms with Gasteiger partial charge in [-0.15, -0.1) is 0 Å². The standard InChI is InChI=1S/C8H12O2/c1-8(6-9)5-3-2-4-7(8)10/h6H,2-5H2,1H3. The number of carbonyl (C=O) groups excluding carboxylic acids is 2. The number of rotatable bonds is 1. The van der Waals surface area contributed by atoms with Crippen LogP contribution in [0.4, 0.5) is 0 Å². The molecule has 2 heteroatoms. The van der Waals surface area contributed by atoms with Crippen LogP contribution in [0.2, 0.25) is 0 Å². The molecule has 0 amide bonds. The maximum absolute atomic E-state index is 11.1. The van der Waals surface area contributed by atoms with Crippen molar-refractivity contribution in [2.45, 2.75) is 32.6 Å². The summed E-state index contributed by atoms with van der Waals surface area (Å²) in [6.07, 6.45) is 4.11. The largest absolute Gasteiger partial charge is 0.302 e. The molecule has 10 heavy (non-hydrogen) atoms. The fourth-order valence-corrected chi connectivity index (χ4v) is 1.33. The highest BCUT2D eigenvalue weighted by molar-refractivity contribution is 5.98. The molecule has 1 aliphatic carbocycles. The lowest BCUT2D eigenvalue weighted by Crippen LogP contribution is -2.32. The van der Waals surface area contributed by atoms with Gasteiger partial charge in [-0.25, -0.2) is 0 Å². The van der Waals surface area contributed by atoms with Crippen molar-refractivity contribution in [1.82, 2.24) is 0 Å². The van der Waals surface area contributed by atoms with Crippen molar-refractivity contribution < 1.29 is 9.59 Å². The molecular formula is C8H12O2. The van der Waals surface area contributed by atoms with Crippen LogP contribution in [0, 0.1) is 5.41 Å². The predicted octanol–water partition coefficient (Wildman–Crippen LogP) is 1.33. The monoisotopic (exact) mass is 140 g/mol. The number of ketones is 1. The second-order valence-electron chi connectivity index (χ2n) is 3.17. The molecule has 0 spiro atoms. The van der Waals surface area contributed by atoms with Crippen LogP contribution in [0.3, 0.4) is 0 Å². The third-order valence-electron chi connectivity index (χ3n) is 2.25. The van der Waals surface area contributed by atoms with Crippen LogP contribution in [0.1, 0.15) is 32.6 Å². The summed E-state index contributed by atoms with van der Waals surface area (Å²) in [5.41, 5.74) is -0.641. The molecule has 0 N–H and O–H groups in total. The van der Waals surface area contributed by atoms with E-state index in [2.05, 4.69) is 0 Å². The molecule has 0 aromatic carbocycles. The molecule has 0 saturated heterocycles. The molecular weight excluding hydrogens is 128 g/mol. The second-order valence-corrected chi connectivity index (χ2v) is 3.17. The fraction of sp³-hybridized carbons (Fsp3) is 0.750. The molecule has 56 valence electrons. The summed E-state index contributed by atoms with van der Waals surface area (Å²) in [7, 11) is 0. The van der Waals surface area contributed by atoms with Crippen LogP contribution < -0.4 is 0 Å². The Hall–Kier alpha value is -0.660. The summed E-state index contributed by atoms with van der Waals surface area (Å²) < 4.78 is 0. The lowest BCUT2D eigenvalue weighted by Gasteiger charge is -2.25. The van der Waals surface area contributed by atoms with E-state index in [0.29, 0.717) is 6.42 Å². The van der Waals surface area contributed by atoms with Crippen molar-refractivity contribution in [1.29, 1.82) is 0 Å². The normalized spacial score (nSPS) is 33.9. The van der Waals surface area contributed by atoms with E-state index in [-0.39, 0.29) is 5.78 Å². The number of hydrogen-bond acceptors (Lipinski definition) is 2. The van der Waals surface area contributed by atoms with Gasteiger partial charge in [0.05, 0.1) is 5.41 Å². The van der Waals surface area contributed by atoms with E-state index in [1.54, 1.807) is 6.92 Å². The first-order valence-corrected chi connectivity index (χ1v) is 3.69. The third-order valence-corrected chi connectivity index (χ3v) is 2.25. The van der Waals surface area contributed by atoms with Crippen molar-refractivity contribution in [3.63, 3.8) is 0 Å². The van der Waals surface area contributed by atoms with Gasteiger partial charge in [0.15, 0.2) is 0 Å². The van der Waals surface area contributed by atoms with Gasteiger partial charge in [-0.1, -0.05) is 6.42 Å². The quantitative estimate of drug-likeness (QED) is 0.407. The molecule has 0 bridgehead atoms. The topological polar surface area (TPSA) is 34.1 Å². The average molecular weight is 140 g/mol. The summed E-state index contributed by atoms with van der Waals surface area (Å²) >= 11 is 0. The van der Waals surface area contributed by atoms with Crippen molar-refractivity contribution in [2.24, 2.45) is 5.41 Å². The van der Waals surface area contributed by atoms with Gasteiger partial charge in [-0.3, -0.25) is 4.79 Å². The number of Topliss-reactive ketones (excluding diaryl/α,β-unsaturated/α-hetero) is 1. The molecule has 0 heterocycles. The smallest absolute Gasteiger partial charge is 0.145 e. The van der Waals surface area contributed by atoms with Crippen molar-refractivity contribution in [3.8, 4) is 0 Å². The van der Waals surface area contributed by atoms with E-state index >= 15 is 0 Å². The van der Waals surface area contributed by atoms with Crippen LogP contribution in [-0.4, -0.2) is 12.1 Å². The molecule has 0 aromatic rings. The second kappa shape index (κ2) is 2.52. The highest BCUT2D eigenvalue weighted by atomic mass is 16.1. The van der Waals surface area contributed by atoms with Gasteiger partial charge < -0.3 is 4.79 Å². The Bertz CT molecular complexity index is 163. The van der Waals surface area contributed by atoms with E-state index in [1.807, 2.05) is 0 Å². The Labute approximate surface area is 60.6 Å². The lowest BCUT2D eigenvalue weighted by atomic mass is 9.76. The Morgan fingerprint density at radius 1 is 1.50 bits per heavy atom. The molecule has 0 radical (unpaired) electrons. The van der Waals surface area contributed by atoms with Crippen LogP contribution in [0.5, 0.6) is 0 Å². The molecule has 1 atom stereocenters. The lowest BCUT2D eigenvalue weighted by molar-refractivity contribution is -0.135. The molecule has 1 aliphatic rings. The van der Waals surface area contributed by atoms with Gasteiger partial charge in [0.1, 0.15) is 12.1 Å². The van der Waals surface area contributed by atoms with Crippen LogP contribution in [0.25, 0.3) is 0 Å². The van der Waals surface area contributed by atoms with Gasteiger partial charge in [0.25, 0.3) is 0 Å². The molecule has 1 fully saturated rings. The van der Waals surface area contributed by atoms with Gasteiger partial charge in [-0.05, 0) is 19.8 Å². The molecule has 2 nitrogen and oxygen atoms in total. The minimum absolute atomic E-state index is 0.119. The van der Waals surface area contributed by atoms with Crippen LogP contribution >= 0.6 is 0 Å². The average Bonchev–Trinajstić information content (AvgIpc) is 1.96. The maximum atomic E-state index is 11.1. The molecule has 0 aromatic heterocycles. The Balaban J connectivity index is 2.72. The highest BCUT2D eigenvalue weighted by Gasteiger charge is 2.34. The Morgan fingerprint density at radius 3 is 2.60 bits per heavy atom. The third kappa shape index (κ3) is 1.11. The molecule has 0 aliphatic heterocycles. The van der Waals surface area contributed by atoms with Crippen molar-refractivity contribution in [3.05, 3.63) is 0 Å². The SMILES string of the molecule is CC1(C=O)CCCCC1=O. The van der Waals surface area contributed by atoms with Gasteiger partial charge >= 0.3 is 0 Å². The minimum Gasteiger partial charge on any atom is -0.302 e. The first-order chi connectivity index (χ1) is 4.69. The van der Waals surface area contributed by atoms with E-state index in [1.165, 1.54) is 0 Å². The van der Waals surface area contributed by atoms with E-state index in [9.17, 15) is 9.59 Å². The fourth-order valence-electron chi connectivity index (χ4n) is 1.33. The van der Waals surface area contributed by atoms with E-state index in [4.69, 9.17) is 0 Å². The number of aldehydes is 1. The molecule has 1 saturated carbocycles. The number of carbonyl (C=O) groups is 2. The maximum Gasteiger partial charge on any atom is 0.145 e. The number of hydrogen-bond donors (Lipinski definition) is 0. The predicted molar refractivity (Wildman–Crippen MR) is 37.6 cm³/mol. The zero-order valence-electron chi connectivity index (χ0n) is 6.22. The molecule has 1 rings (SSSR count). The zero-order valence-corrected chi connectivity index (χ0v) is 6.22. The minimum atomic E-state index is -0.641. The van der Waals surface area contributed by atoms with Crippen molar-refractivity contribution in [2.75, 3.05) is 0 Å². The van der Waals surface area contributed by atoms with E-state index < -0.39 is 5.41 Å². The summed E-state index contributed by atoms with van der Waals surface area (Å²) in [4.78, 5) is 21.6. The summed E-state index contributed by atoms with van der Waals surface area (Å²) in [5, 5.41) is 0. The summed E-state index contributed by atoms with van der Waals surface area (Å²) in [6, 6.07) is 0. The highest BCUT2D eigenvalue weighted by Crippen LogP contribution is 2.30. The van der Waals surface area contributed by atoms with Crippen LogP contribution in [-0.2, 0) is 9.59 Å². The summed E-state index contributed by atoms with van der Waals surface area (Å²) in [5.74, 6) is 0.119. The van der Waals surface area contributed by atoms with Gasteiger partial charge in [0.2, 0.25) is 0 Å². The Morgan fingerprint density at radius 2 is 2.20 bits per heavy atom. The van der Waals surface area contributed by atoms with Gasteiger partial charge in [0, 0.05) is 6.42 Å². The van der Waals surface area contributed by atoms with Crippen LogP contribution in [0.15, 0.2) is 0 Å². The first kappa shape index (κ1) is 7.45. The zero-order chi connectivity index (χ0) is 7.61. The summed E-state index contributed by atoms with van der Waals surface area (Å²) in [6.45, 7) is 1.74. The Kier molecular flexibility index (Phi) is 1.88. The van der Waals surface area contributed by atoms with Gasteiger partial charge in [-0.2, -0.15) is 0 Å².